The van der Waals surface area contributed by atoms with Gasteiger partial charge in [0.1, 0.15) is 17.1 Å². The predicted octanol–water partition coefficient (Wildman–Crippen LogP) is 6.13. The summed E-state index contributed by atoms with van der Waals surface area (Å²) < 4.78 is 10.7. The number of esters is 1. The third-order valence-corrected chi connectivity index (χ3v) is 6.53. The van der Waals surface area contributed by atoms with Gasteiger partial charge in [0, 0.05) is 5.56 Å². The fraction of sp³-hybridized carbons (Fsp3) is 0.0345. The Morgan fingerprint density at radius 3 is 1.97 bits per heavy atom. The van der Waals surface area contributed by atoms with Gasteiger partial charge in [-0.25, -0.2) is 4.79 Å². The lowest BCUT2D eigenvalue weighted by Crippen LogP contribution is -2.56. The molecule has 188 valence electrons. The molecule has 0 spiro atoms. The van der Waals surface area contributed by atoms with Crippen molar-refractivity contribution in [3.63, 3.8) is 0 Å². The van der Waals surface area contributed by atoms with E-state index in [2.05, 4.69) is 0 Å². The number of hydrogen-bond donors (Lipinski definition) is 0. The first-order valence-electron chi connectivity index (χ1n) is 11.4. The van der Waals surface area contributed by atoms with Crippen molar-refractivity contribution >= 4 is 64.2 Å². The van der Waals surface area contributed by atoms with Crippen molar-refractivity contribution in [2.45, 2.75) is 0 Å². The number of carbonyl (C=O) groups is 3. The third kappa shape index (κ3) is 4.63. The van der Waals surface area contributed by atoms with Crippen molar-refractivity contribution in [2.24, 2.45) is 0 Å². The lowest BCUT2D eigenvalue weighted by molar-refractivity contribution is -0.120. The van der Waals surface area contributed by atoms with Crippen LogP contribution in [0.3, 0.4) is 0 Å². The number of amides is 2. The molecule has 3 aromatic carbocycles. The first kappa shape index (κ1) is 25.1. The van der Waals surface area contributed by atoms with Crippen LogP contribution in [0.4, 0.5) is 11.4 Å². The average Bonchev–Trinajstić information content (AvgIpc) is 3.41. The fourth-order valence-electron chi connectivity index (χ4n) is 4.01. The van der Waals surface area contributed by atoms with Crippen LogP contribution >= 0.6 is 23.8 Å². The van der Waals surface area contributed by atoms with E-state index in [1.807, 2.05) is 12.1 Å². The van der Waals surface area contributed by atoms with Gasteiger partial charge in [0.15, 0.2) is 5.11 Å². The number of anilines is 2. The number of methoxy groups -OCH3 is 1. The smallest absolute Gasteiger partial charge is 0.339 e. The van der Waals surface area contributed by atoms with Gasteiger partial charge >= 0.3 is 5.97 Å². The number of ether oxygens (including phenoxy) is 1. The second-order valence-corrected chi connectivity index (χ2v) is 8.95. The summed E-state index contributed by atoms with van der Waals surface area (Å²) in [5.41, 5.74) is 1.77. The molecular weight excluding hydrogens is 524 g/mol. The Labute approximate surface area is 228 Å². The highest BCUT2D eigenvalue weighted by Crippen LogP contribution is 2.32. The SMILES string of the molecule is COC(=O)c1ccc(-c2ccc(C=C3C(=O)N(c4ccccc4)C(=S)N(c4ccccc4)C3=O)o2)cc1Cl. The summed E-state index contributed by atoms with van der Waals surface area (Å²) in [7, 11) is 1.28. The molecule has 2 heterocycles. The van der Waals surface area contributed by atoms with Gasteiger partial charge in [-0.05, 0) is 66.8 Å². The molecule has 1 fully saturated rings. The van der Waals surface area contributed by atoms with Gasteiger partial charge in [-0.3, -0.25) is 19.4 Å². The molecule has 0 aliphatic carbocycles. The molecule has 0 radical (unpaired) electrons. The number of carbonyl (C=O) groups excluding carboxylic acids is 3. The number of benzene rings is 3. The molecule has 4 aromatic rings. The number of thiocarbonyl (C=S) groups is 1. The van der Waals surface area contributed by atoms with Crippen molar-refractivity contribution in [1.29, 1.82) is 0 Å². The quantitative estimate of drug-likeness (QED) is 0.130. The Kier molecular flexibility index (Phi) is 6.91. The minimum absolute atomic E-state index is 0.0509. The van der Waals surface area contributed by atoms with Gasteiger partial charge < -0.3 is 9.15 Å². The zero-order valence-electron chi connectivity index (χ0n) is 20.0. The lowest BCUT2D eigenvalue weighted by Gasteiger charge is -2.36. The number of hydrogen-bond acceptors (Lipinski definition) is 6. The first-order valence-corrected chi connectivity index (χ1v) is 12.2. The van der Waals surface area contributed by atoms with Crippen LogP contribution in [0, 0.1) is 0 Å². The lowest BCUT2D eigenvalue weighted by atomic mass is 10.1. The average molecular weight is 543 g/mol. The fourth-order valence-corrected chi connectivity index (χ4v) is 4.65. The molecule has 0 atom stereocenters. The van der Waals surface area contributed by atoms with E-state index in [9.17, 15) is 14.4 Å². The summed E-state index contributed by atoms with van der Waals surface area (Å²) in [4.78, 5) is 41.7. The van der Waals surface area contributed by atoms with Gasteiger partial charge in [0.05, 0.1) is 29.1 Å². The molecule has 0 saturated carbocycles. The molecule has 5 rings (SSSR count). The molecule has 0 N–H and O–H groups in total. The molecule has 0 bridgehead atoms. The van der Waals surface area contributed by atoms with E-state index in [1.54, 1.807) is 72.8 Å². The van der Waals surface area contributed by atoms with Crippen LogP contribution in [-0.4, -0.2) is 30.0 Å². The van der Waals surface area contributed by atoms with Crippen molar-refractivity contribution < 1.29 is 23.5 Å². The Bertz CT molecular complexity index is 1530. The molecule has 1 aromatic heterocycles. The van der Waals surface area contributed by atoms with Crippen molar-refractivity contribution in [3.05, 3.63) is 113 Å². The van der Waals surface area contributed by atoms with Crippen molar-refractivity contribution in [3.8, 4) is 11.3 Å². The number of rotatable bonds is 5. The largest absolute Gasteiger partial charge is 0.465 e. The minimum Gasteiger partial charge on any atom is -0.465 e. The highest BCUT2D eigenvalue weighted by atomic mass is 35.5. The van der Waals surface area contributed by atoms with E-state index in [4.69, 9.17) is 33.0 Å². The Morgan fingerprint density at radius 2 is 1.45 bits per heavy atom. The van der Waals surface area contributed by atoms with E-state index in [0.717, 1.165) is 0 Å². The normalized spacial score (nSPS) is 13.6. The van der Waals surface area contributed by atoms with Gasteiger partial charge in [0.2, 0.25) is 0 Å². The van der Waals surface area contributed by atoms with Crippen LogP contribution in [0.2, 0.25) is 5.02 Å². The zero-order valence-corrected chi connectivity index (χ0v) is 21.5. The molecule has 1 saturated heterocycles. The van der Waals surface area contributed by atoms with Crippen molar-refractivity contribution in [1.82, 2.24) is 0 Å². The maximum absolute atomic E-state index is 13.6. The first-order chi connectivity index (χ1) is 18.4. The number of para-hydroxylation sites is 2. The van der Waals surface area contributed by atoms with Crippen LogP contribution in [0.1, 0.15) is 16.1 Å². The highest BCUT2D eigenvalue weighted by molar-refractivity contribution is 7.81. The second-order valence-electron chi connectivity index (χ2n) is 8.18. The van der Waals surface area contributed by atoms with E-state index >= 15 is 0 Å². The standard InChI is InChI=1S/C29H19ClN2O5S/c1-36-28(35)22-14-12-18(16-24(22)30)25-15-13-21(37-25)17-23-26(33)31(19-8-4-2-5-9-19)29(38)32(27(23)34)20-10-6-3-7-11-20/h2-17H,1H3. The molecule has 1 aliphatic rings. The maximum atomic E-state index is 13.6. The van der Waals surface area contributed by atoms with Gasteiger partial charge in [-0.15, -0.1) is 0 Å². The molecule has 2 amide bonds. The topological polar surface area (TPSA) is 80.1 Å². The van der Waals surface area contributed by atoms with Gasteiger partial charge in [0.25, 0.3) is 11.8 Å². The van der Waals surface area contributed by atoms with E-state index in [-0.39, 0.29) is 27.0 Å². The summed E-state index contributed by atoms with van der Waals surface area (Å²) in [5.74, 6) is -0.979. The predicted molar refractivity (Wildman–Crippen MR) is 149 cm³/mol. The van der Waals surface area contributed by atoms with Gasteiger partial charge in [-0.2, -0.15) is 0 Å². The molecule has 1 aliphatic heterocycles. The number of furan rings is 1. The Hall–Kier alpha value is -4.53. The van der Waals surface area contributed by atoms with Crippen LogP contribution in [0.5, 0.6) is 0 Å². The molecular formula is C29H19ClN2O5S. The van der Waals surface area contributed by atoms with Crippen LogP contribution in [0.15, 0.2) is 101 Å². The van der Waals surface area contributed by atoms with Crippen molar-refractivity contribution in [2.75, 3.05) is 16.9 Å². The van der Waals surface area contributed by atoms with Crippen LogP contribution < -0.4 is 9.80 Å². The summed E-state index contributed by atoms with van der Waals surface area (Å²) in [6, 6.07) is 25.9. The Morgan fingerprint density at radius 1 is 0.868 bits per heavy atom. The molecule has 7 nitrogen and oxygen atoms in total. The highest BCUT2D eigenvalue weighted by Gasteiger charge is 2.41. The maximum Gasteiger partial charge on any atom is 0.339 e. The summed E-state index contributed by atoms with van der Waals surface area (Å²) in [6.45, 7) is 0. The van der Waals surface area contributed by atoms with Gasteiger partial charge in [-0.1, -0.05) is 54.1 Å². The summed E-state index contributed by atoms with van der Waals surface area (Å²) >= 11 is 11.9. The number of halogens is 1. The Balaban J connectivity index is 1.54. The molecule has 0 unspecified atom stereocenters. The monoisotopic (exact) mass is 542 g/mol. The molecule has 38 heavy (non-hydrogen) atoms. The molecule has 9 heteroatoms. The minimum atomic E-state index is -0.568. The summed E-state index contributed by atoms with van der Waals surface area (Å²) in [5, 5.41) is 0.254. The van der Waals surface area contributed by atoms with Crippen LogP contribution in [0.25, 0.3) is 17.4 Å². The zero-order chi connectivity index (χ0) is 26.8. The van der Waals surface area contributed by atoms with E-state index in [0.29, 0.717) is 22.7 Å². The van der Waals surface area contributed by atoms with Crippen LogP contribution in [-0.2, 0) is 14.3 Å². The van der Waals surface area contributed by atoms with E-state index in [1.165, 1.54) is 29.1 Å². The number of nitrogens with zero attached hydrogens (tertiary/aromatic N) is 2. The summed E-state index contributed by atoms with van der Waals surface area (Å²) in [6.07, 6.45) is 1.40. The third-order valence-electron chi connectivity index (χ3n) is 5.85. The van der Waals surface area contributed by atoms with E-state index < -0.39 is 17.8 Å². The second kappa shape index (κ2) is 10.5.